The number of benzene rings is 1. The summed E-state index contributed by atoms with van der Waals surface area (Å²) in [7, 11) is 0. The van der Waals surface area contributed by atoms with E-state index in [2.05, 4.69) is 0 Å². The zero-order chi connectivity index (χ0) is 10.6. The molecule has 0 aliphatic heterocycles. The summed E-state index contributed by atoms with van der Waals surface area (Å²) in [5, 5.41) is 0. The van der Waals surface area contributed by atoms with Crippen LogP contribution in [0.4, 0.5) is 17.6 Å². The van der Waals surface area contributed by atoms with Crippen molar-refractivity contribution in [2.75, 3.05) is 0 Å². The van der Waals surface area contributed by atoms with Crippen molar-refractivity contribution >= 4 is 12.2 Å². The SMILES string of the molecule is FC(F)=Cc1cccc(C=C(F)F)c1. The molecule has 74 valence electrons. The first-order valence-corrected chi connectivity index (χ1v) is 3.73. The highest BCUT2D eigenvalue weighted by molar-refractivity contribution is 5.58. The van der Waals surface area contributed by atoms with E-state index in [-0.39, 0.29) is 11.1 Å². The Balaban J connectivity index is 3.01. The van der Waals surface area contributed by atoms with Crippen molar-refractivity contribution in [2.45, 2.75) is 0 Å². The third kappa shape index (κ3) is 3.43. The van der Waals surface area contributed by atoms with Crippen LogP contribution in [0.1, 0.15) is 11.1 Å². The van der Waals surface area contributed by atoms with Gasteiger partial charge in [-0.2, -0.15) is 17.6 Å². The van der Waals surface area contributed by atoms with Crippen molar-refractivity contribution in [1.29, 1.82) is 0 Å². The van der Waals surface area contributed by atoms with Crippen LogP contribution in [0.25, 0.3) is 12.2 Å². The van der Waals surface area contributed by atoms with E-state index in [1.54, 1.807) is 0 Å². The lowest BCUT2D eigenvalue weighted by Gasteiger charge is -1.95. The van der Waals surface area contributed by atoms with Gasteiger partial charge in [0.25, 0.3) is 12.2 Å². The smallest absolute Gasteiger partial charge is 0.173 e. The Hall–Kier alpha value is -1.58. The Morgan fingerprint density at radius 3 is 1.64 bits per heavy atom. The predicted octanol–water partition coefficient (Wildman–Crippen LogP) is 4.16. The lowest BCUT2D eigenvalue weighted by Crippen LogP contribution is -1.76. The third-order valence-electron chi connectivity index (χ3n) is 1.46. The molecule has 0 aliphatic carbocycles. The minimum atomic E-state index is -1.85. The van der Waals surface area contributed by atoms with Crippen molar-refractivity contribution in [2.24, 2.45) is 0 Å². The zero-order valence-corrected chi connectivity index (χ0v) is 6.98. The van der Waals surface area contributed by atoms with Crippen LogP contribution in [-0.2, 0) is 0 Å². The van der Waals surface area contributed by atoms with Crippen LogP contribution in [-0.4, -0.2) is 0 Å². The molecule has 0 heterocycles. The van der Waals surface area contributed by atoms with Gasteiger partial charge in [0.1, 0.15) is 0 Å². The highest BCUT2D eigenvalue weighted by Crippen LogP contribution is 2.14. The topological polar surface area (TPSA) is 0 Å². The third-order valence-corrected chi connectivity index (χ3v) is 1.46. The normalized spacial score (nSPS) is 9.43. The predicted molar refractivity (Wildman–Crippen MR) is 46.8 cm³/mol. The first-order valence-electron chi connectivity index (χ1n) is 3.73. The number of hydrogen-bond acceptors (Lipinski definition) is 0. The van der Waals surface area contributed by atoms with Crippen LogP contribution >= 0.6 is 0 Å². The molecule has 0 nitrogen and oxygen atoms in total. The van der Waals surface area contributed by atoms with Crippen molar-refractivity contribution in [3.05, 3.63) is 47.6 Å². The Kier molecular flexibility index (Phi) is 3.45. The Labute approximate surface area is 78.2 Å². The summed E-state index contributed by atoms with van der Waals surface area (Å²) in [6, 6.07) is 5.50. The largest absolute Gasteiger partial charge is 0.270 e. The molecule has 0 unspecified atom stereocenters. The lowest BCUT2D eigenvalue weighted by molar-refractivity contribution is 0.429. The van der Waals surface area contributed by atoms with Gasteiger partial charge in [-0.1, -0.05) is 18.2 Å². The maximum Gasteiger partial charge on any atom is 0.270 e. The van der Waals surface area contributed by atoms with Crippen LogP contribution in [0.5, 0.6) is 0 Å². The quantitative estimate of drug-likeness (QED) is 0.631. The van der Waals surface area contributed by atoms with Crippen molar-refractivity contribution in [3.63, 3.8) is 0 Å². The Morgan fingerprint density at radius 2 is 1.29 bits per heavy atom. The van der Waals surface area contributed by atoms with E-state index < -0.39 is 12.2 Å². The first-order chi connectivity index (χ1) is 6.58. The zero-order valence-electron chi connectivity index (χ0n) is 6.98. The van der Waals surface area contributed by atoms with Gasteiger partial charge in [0.05, 0.1) is 0 Å². The van der Waals surface area contributed by atoms with Crippen molar-refractivity contribution in [1.82, 2.24) is 0 Å². The molecular weight excluding hydrogens is 196 g/mol. The summed E-state index contributed by atoms with van der Waals surface area (Å²) in [5.41, 5.74) is 0.389. The maximum atomic E-state index is 11.8. The molecule has 0 saturated carbocycles. The molecule has 0 bridgehead atoms. The van der Waals surface area contributed by atoms with Crippen LogP contribution in [0.3, 0.4) is 0 Å². The van der Waals surface area contributed by atoms with E-state index >= 15 is 0 Å². The van der Waals surface area contributed by atoms with Gasteiger partial charge in [-0.25, -0.2) is 0 Å². The summed E-state index contributed by atoms with van der Waals surface area (Å²) in [5.74, 6) is 0. The fraction of sp³-hybridized carbons (Fsp3) is 0. The van der Waals surface area contributed by atoms with Gasteiger partial charge in [0.2, 0.25) is 0 Å². The standard InChI is InChI=1S/C10H6F4/c11-9(12)5-7-2-1-3-8(4-7)6-10(13)14/h1-6H. The van der Waals surface area contributed by atoms with Crippen molar-refractivity contribution in [3.8, 4) is 0 Å². The molecule has 0 N–H and O–H groups in total. The average molecular weight is 202 g/mol. The van der Waals surface area contributed by atoms with Crippen LogP contribution in [0, 0.1) is 0 Å². The molecule has 0 atom stereocenters. The molecule has 1 aromatic rings. The molecule has 0 spiro atoms. The summed E-state index contributed by atoms with van der Waals surface area (Å²) < 4.78 is 47.2. The highest BCUT2D eigenvalue weighted by Gasteiger charge is 1.96. The number of rotatable bonds is 2. The van der Waals surface area contributed by atoms with Gasteiger partial charge < -0.3 is 0 Å². The van der Waals surface area contributed by atoms with Gasteiger partial charge >= 0.3 is 0 Å². The van der Waals surface area contributed by atoms with Gasteiger partial charge in [0.15, 0.2) is 0 Å². The van der Waals surface area contributed by atoms with E-state index in [0.717, 1.165) is 0 Å². The lowest BCUT2D eigenvalue weighted by atomic mass is 10.1. The number of hydrogen-bond donors (Lipinski definition) is 0. The van der Waals surface area contributed by atoms with Gasteiger partial charge in [-0.3, -0.25) is 0 Å². The average Bonchev–Trinajstić information content (AvgIpc) is 2.01. The molecular formula is C10H6F4. The van der Waals surface area contributed by atoms with Crippen LogP contribution < -0.4 is 0 Å². The summed E-state index contributed by atoms with van der Waals surface area (Å²) >= 11 is 0. The summed E-state index contributed by atoms with van der Waals surface area (Å²) in [6.45, 7) is 0. The van der Waals surface area contributed by atoms with Crippen LogP contribution in [0.2, 0.25) is 0 Å². The van der Waals surface area contributed by atoms with Gasteiger partial charge in [0, 0.05) is 12.2 Å². The summed E-state index contributed by atoms with van der Waals surface area (Å²) in [6.07, 6.45) is -2.47. The molecule has 0 fully saturated rings. The molecule has 1 aromatic carbocycles. The molecule has 14 heavy (non-hydrogen) atoms. The second-order valence-corrected chi connectivity index (χ2v) is 2.54. The highest BCUT2D eigenvalue weighted by atomic mass is 19.3. The molecule has 0 radical (unpaired) electrons. The van der Waals surface area contributed by atoms with Crippen molar-refractivity contribution < 1.29 is 17.6 Å². The fourth-order valence-corrected chi connectivity index (χ4v) is 0.991. The van der Waals surface area contributed by atoms with E-state index in [4.69, 9.17) is 0 Å². The molecule has 0 aromatic heterocycles. The van der Waals surface area contributed by atoms with E-state index in [9.17, 15) is 17.6 Å². The molecule has 0 amide bonds. The van der Waals surface area contributed by atoms with E-state index in [1.165, 1.54) is 24.3 Å². The summed E-state index contributed by atoms with van der Waals surface area (Å²) in [4.78, 5) is 0. The second-order valence-electron chi connectivity index (χ2n) is 2.54. The molecule has 4 heteroatoms. The monoisotopic (exact) mass is 202 g/mol. The van der Waals surface area contributed by atoms with E-state index in [0.29, 0.717) is 12.2 Å². The van der Waals surface area contributed by atoms with Crippen LogP contribution in [0.15, 0.2) is 36.4 Å². The van der Waals surface area contributed by atoms with E-state index in [1.807, 2.05) is 0 Å². The minimum Gasteiger partial charge on any atom is -0.173 e. The minimum absolute atomic E-state index is 0.194. The Morgan fingerprint density at radius 1 is 0.857 bits per heavy atom. The fourth-order valence-electron chi connectivity index (χ4n) is 0.991. The Bertz CT molecular complexity index is 338. The molecule has 0 saturated heterocycles. The maximum absolute atomic E-state index is 11.8. The van der Waals surface area contributed by atoms with Gasteiger partial charge in [-0.05, 0) is 17.2 Å². The molecule has 1 rings (SSSR count). The van der Waals surface area contributed by atoms with Gasteiger partial charge in [-0.15, -0.1) is 0 Å². The second kappa shape index (κ2) is 4.60. The first kappa shape index (κ1) is 10.5. The number of halogens is 4. The molecule has 0 aliphatic rings.